The first-order valence-corrected chi connectivity index (χ1v) is 18.7. The number of nitrogens with zero attached hydrogens (tertiary/aromatic N) is 1. The molecule has 2 N–H and O–H groups in total. The summed E-state index contributed by atoms with van der Waals surface area (Å²) in [6, 6.07) is -0.0865. The third-order valence-electron chi connectivity index (χ3n) is 3.37. The van der Waals surface area contributed by atoms with Gasteiger partial charge in [-0.15, -0.1) is 0 Å². The number of nitrogens with two attached hydrogens (primary N) is 1. The highest BCUT2D eigenvalue weighted by Crippen LogP contribution is 2.27. The third-order valence-corrected chi connectivity index (χ3v) is 11.7. The molecule has 7 heteroatoms. The molecule has 132 valence electrons. The van der Waals surface area contributed by atoms with Gasteiger partial charge in [-0.3, -0.25) is 4.79 Å². The van der Waals surface area contributed by atoms with E-state index in [0.717, 1.165) is 19.3 Å². The lowest BCUT2D eigenvalue weighted by Crippen LogP contribution is -2.65. The Labute approximate surface area is 141 Å². The van der Waals surface area contributed by atoms with E-state index in [2.05, 4.69) is 63.2 Å². The second-order valence-corrected chi connectivity index (χ2v) is 23.6. The lowest BCUT2D eigenvalue weighted by molar-refractivity contribution is -0.139. The van der Waals surface area contributed by atoms with Crippen LogP contribution in [0, 0.1) is 0 Å². The Morgan fingerprint density at radius 1 is 0.955 bits per heavy atom. The van der Waals surface area contributed by atoms with Crippen molar-refractivity contribution in [2.45, 2.75) is 84.2 Å². The zero-order valence-corrected chi connectivity index (χ0v) is 19.2. The van der Waals surface area contributed by atoms with E-state index >= 15 is 0 Å². The van der Waals surface area contributed by atoms with Crippen molar-refractivity contribution >= 4 is 30.8 Å². The van der Waals surface area contributed by atoms with Gasteiger partial charge in [0.05, 0.1) is 6.04 Å². The van der Waals surface area contributed by atoms with E-state index in [1.807, 2.05) is 0 Å². The van der Waals surface area contributed by atoms with Crippen molar-refractivity contribution in [3.63, 3.8) is 0 Å². The average molecular weight is 363 g/mol. The fourth-order valence-corrected chi connectivity index (χ4v) is 14.3. The Hall–Kier alpha value is 0.0406. The summed E-state index contributed by atoms with van der Waals surface area (Å²) in [6.45, 7) is 20.9. The van der Waals surface area contributed by atoms with Crippen LogP contribution >= 0.6 is 0 Å². The maximum Gasteiger partial charge on any atom is 0.308 e. The van der Waals surface area contributed by atoms with Gasteiger partial charge in [-0.05, 0) is 39.0 Å². The molecule has 0 saturated carbocycles. The predicted molar refractivity (Wildman–Crippen MR) is 105 cm³/mol. The minimum Gasteiger partial charge on any atom is -0.519 e. The third kappa shape index (κ3) is 8.05. The normalized spacial score (nSPS) is 15.0. The van der Waals surface area contributed by atoms with Gasteiger partial charge in [-0.1, -0.05) is 45.7 Å². The van der Waals surface area contributed by atoms with Crippen LogP contribution in [-0.4, -0.2) is 47.6 Å². The SMILES string of the molecule is C[Si](C)(C)OC(=O)[C@H](CCCCN)N([Si](C)(C)C)[Si](C)(C)C. The van der Waals surface area contributed by atoms with Gasteiger partial charge in [0.2, 0.25) is 8.32 Å². The minimum absolute atomic E-state index is 0.000961. The maximum absolute atomic E-state index is 12.9. The van der Waals surface area contributed by atoms with Crippen LogP contribution < -0.4 is 5.73 Å². The highest BCUT2D eigenvalue weighted by atomic mass is 28.4. The molecule has 0 saturated heterocycles. The highest BCUT2D eigenvalue weighted by molar-refractivity contribution is 6.89. The van der Waals surface area contributed by atoms with E-state index in [9.17, 15) is 4.79 Å². The van der Waals surface area contributed by atoms with Crippen LogP contribution in [-0.2, 0) is 9.22 Å². The smallest absolute Gasteiger partial charge is 0.308 e. The predicted octanol–water partition coefficient (Wildman–Crippen LogP) is 3.83. The van der Waals surface area contributed by atoms with Crippen molar-refractivity contribution in [2.75, 3.05) is 6.54 Å². The van der Waals surface area contributed by atoms with Gasteiger partial charge in [0.1, 0.15) is 16.5 Å². The van der Waals surface area contributed by atoms with Crippen molar-refractivity contribution in [2.24, 2.45) is 5.73 Å². The van der Waals surface area contributed by atoms with Crippen molar-refractivity contribution in [3.05, 3.63) is 0 Å². The van der Waals surface area contributed by atoms with Crippen LogP contribution in [0.3, 0.4) is 0 Å². The zero-order valence-electron chi connectivity index (χ0n) is 16.2. The van der Waals surface area contributed by atoms with E-state index in [4.69, 9.17) is 10.2 Å². The second-order valence-electron chi connectivity index (χ2n) is 9.05. The molecular formula is C15H38N2O2Si3. The summed E-state index contributed by atoms with van der Waals surface area (Å²) in [5, 5.41) is 0. The van der Waals surface area contributed by atoms with Gasteiger partial charge >= 0.3 is 5.97 Å². The topological polar surface area (TPSA) is 55.6 Å². The number of carbonyl (C=O) groups excluding carboxylic acids is 1. The monoisotopic (exact) mass is 362 g/mol. The maximum atomic E-state index is 12.9. The van der Waals surface area contributed by atoms with Gasteiger partial charge in [-0.25, -0.2) is 0 Å². The van der Waals surface area contributed by atoms with E-state index in [-0.39, 0.29) is 12.0 Å². The Balaban J connectivity index is 5.46. The first-order chi connectivity index (χ1) is 9.70. The molecule has 0 aliphatic rings. The van der Waals surface area contributed by atoms with Gasteiger partial charge in [0.25, 0.3) is 0 Å². The van der Waals surface area contributed by atoms with Gasteiger partial charge in [0, 0.05) is 0 Å². The summed E-state index contributed by atoms with van der Waals surface area (Å²) in [6.07, 6.45) is 2.84. The molecule has 0 bridgehead atoms. The standard InChI is InChI=1S/C15H38N2O2Si3/c1-20(2,3)17(21(4,5)6)14(12-10-11-13-16)15(18)19-22(7,8)9/h14H,10-13,16H2,1-9H3/t14-/m0/s1. The fourth-order valence-electron chi connectivity index (χ4n) is 3.15. The number of rotatable bonds is 9. The van der Waals surface area contributed by atoms with Crippen LogP contribution in [0.2, 0.25) is 58.9 Å². The van der Waals surface area contributed by atoms with Crippen LogP contribution in [0.4, 0.5) is 0 Å². The van der Waals surface area contributed by atoms with E-state index < -0.39 is 24.8 Å². The Bertz CT molecular complexity index is 343. The molecule has 0 fully saturated rings. The second kappa shape index (κ2) is 8.23. The molecule has 0 aromatic heterocycles. The minimum atomic E-state index is -1.86. The Kier molecular flexibility index (Phi) is 8.25. The average Bonchev–Trinajstić information content (AvgIpc) is 2.21. The molecule has 4 nitrogen and oxygen atoms in total. The van der Waals surface area contributed by atoms with Crippen molar-refractivity contribution in [3.8, 4) is 0 Å². The summed E-state index contributed by atoms with van der Waals surface area (Å²) in [5.41, 5.74) is 5.63. The highest BCUT2D eigenvalue weighted by Gasteiger charge is 2.43. The van der Waals surface area contributed by atoms with Crippen molar-refractivity contribution in [1.82, 2.24) is 4.23 Å². The first-order valence-electron chi connectivity index (χ1n) is 8.42. The molecule has 0 aliphatic heterocycles. The van der Waals surface area contributed by atoms with Crippen LogP contribution in [0.25, 0.3) is 0 Å². The van der Waals surface area contributed by atoms with E-state index in [0.29, 0.717) is 6.54 Å². The number of unbranched alkanes of at least 4 members (excludes halogenated alkanes) is 1. The summed E-state index contributed by atoms with van der Waals surface area (Å²) in [7, 11) is -5.07. The lowest BCUT2D eigenvalue weighted by Gasteiger charge is -2.48. The molecule has 0 aliphatic carbocycles. The van der Waals surface area contributed by atoms with E-state index in [1.54, 1.807) is 0 Å². The largest absolute Gasteiger partial charge is 0.519 e. The van der Waals surface area contributed by atoms with Crippen LogP contribution in [0.15, 0.2) is 0 Å². The fraction of sp³-hybridized carbons (Fsp3) is 0.933. The molecule has 22 heavy (non-hydrogen) atoms. The molecule has 0 amide bonds. The summed E-state index contributed by atoms with van der Waals surface area (Å²) >= 11 is 0. The van der Waals surface area contributed by atoms with Crippen LogP contribution in [0.1, 0.15) is 19.3 Å². The molecule has 0 aromatic rings. The zero-order chi connectivity index (χ0) is 17.8. The summed E-state index contributed by atoms with van der Waals surface area (Å²) < 4.78 is 8.46. The van der Waals surface area contributed by atoms with Gasteiger partial charge in [-0.2, -0.15) is 0 Å². The molecule has 0 heterocycles. The molecule has 0 spiro atoms. The van der Waals surface area contributed by atoms with Gasteiger partial charge in [0.15, 0.2) is 0 Å². The van der Waals surface area contributed by atoms with E-state index in [1.165, 1.54) is 0 Å². The molecule has 0 rings (SSSR count). The number of hydrogen-bond donors (Lipinski definition) is 1. The first kappa shape index (κ1) is 22.0. The Morgan fingerprint density at radius 2 is 1.41 bits per heavy atom. The molecule has 0 unspecified atom stereocenters. The Morgan fingerprint density at radius 3 is 1.73 bits per heavy atom. The number of hydrogen-bond acceptors (Lipinski definition) is 4. The quantitative estimate of drug-likeness (QED) is 0.500. The summed E-state index contributed by atoms with van der Waals surface area (Å²) in [4.78, 5) is 12.9. The molecule has 1 atom stereocenters. The summed E-state index contributed by atoms with van der Waals surface area (Å²) in [5.74, 6) is 0.000961. The lowest BCUT2D eigenvalue weighted by atomic mass is 10.1. The van der Waals surface area contributed by atoms with Crippen molar-refractivity contribution < 1.29 is 9.22 Å². The molecule has 0 aromatic carbocycles. The van der Waals surface area contributed by atoms with Gasteiger partial charge < -0.3 is 14.4 Å². The van der Waals surface area contributed by atoms with Crippen molar-refractivity contribution in [1.29, 1.82) is 0 Å². The van der Waals surface area contributed by atoms with Crippen LogP contribution in [0.5, 0.6) is 0 Å². The number of carbonyl (C=O) groups is 1. The molecular weight excluding hydrogens is 324 g/mol. The molecule has 0 radical (unpaired) electrons.